The smallest absolute Gasteiger partial charge is 0.217 e. The van der Waals surface area contributed by atoms with Gasteiger partial charge in [-0.15, -0.1) is 0 Å². The Bertz CT molecular complexity index is 989. The van der Waals surface area contributed by atoms with Crippen molar-refractivity contribution in [2.75, 3.05) is 38.3 Å². The van der Waals surface area contributed by atoms with E-state index in [1.165, 1.54) is 6.33 Å². The number of nitrogens with zero attached hydrogens (tertiary/aromatic N) is 4. The van der Waals surface area contributed by atoms with Crippen LogP contribution in [0.15, 0.2) is 12.7 Å². The maximum Gasteiger partial charge on any atom is 0.217 e. The first-order valence-electron chi connectivity index (χ1n) is 15.3. The van der Waals surface area contributed by atoms with Crippen LogP contribution in [0.25, 0.3) is 11.2 Å². The van der Waals surface area contributed by atoms with Crippen LogP contribution in [0.3, 0.4) is 0 Å². The molecule has 0 saturated carbocycles. The van der Waals surface area contributed by atoms with Crippen molar-refractivity contribution in [1.29, 1.82) is 0 Å². The Hall–Kier alpha value is -2.34. The van der Waals surface area contributed by atoms with Crippen molar-refractivity contribution in [3.05, 3.63) is 12.7 Å². The summed E-state index contributed by atoms with van der Waals surface area (Å²) >= 11 is 0. The molecule has 11 heteroatoms. The number of amides is 1. The van der Waals surface area contributed by atoms with Crippen molar-refractivity contribution >= 4 is 22.9 Å². The van der Waals surface area contributed by atoms with Gasteiger partial charge in [0, 0.05) is 32.8 Å². The highest BCUT2D eigenvalue weighted by molar-refractivity contribution is 5.82. The number of hydrogen-bond donors (Lipinski definition) is 2. The molecule has 11 nitrogen and oxygen atoms in total. The summed E-state index contributed by atoms with van der Waals surface area (Å²) in [5.74, 6) is 0.285. The lowest BCUT2D eigenvalue weighted by molar-refractivity contribution is -0.118. The summed E-state index contributed by atoms with van der Waals surface area (Å²) in [6.07, 6.45) is 12.6. The number of unbranched alkanes of at least 4 members (excludes halogenated alkanes) is 6. The average Bonchev–Trinajstić information content (AvgIpc) is 3.53. The first kappa shape index (κ1) is 32.2. The Morgan fingerprint density at radius 2 is 1.60 bits per heavy atom. The molecule has 3 heterocycles. The van der Waals surface area contributed by atoms with Crippen molar-refractivity contribution in [2.45, 2.75) is 116 Å². The number of rotatable bonds is 22. The van der Waals surface area contributed by atoms with Crippen LogP contribution in [0.1, 0.15) is 97.6 Å². The van der Waals surface area contributed by atoms with Gasteiger partial charge in [-0.2, -0.15) is 0 Å². The minimum Gasteiger partial charge on any atom is -0.379 e. The molecule has 2 aromatic rings. The summed E-state index contributed by atoms with van der Waals surface area (Å²) in [7, 11) is 0. The molecule has 0 radical (unpaired) electrons. The van der Waals surface area contributed by atoms with Crippen LogP contribution in [-0.2, 0) is 23.7 Å². The van der Waals surface area contributed by atoms with E-state index in [0.717, 1.165) is 57.8 Å². The molecule has 1 saturated heterocycles. The topological polar surface area (TPSA) is 136 Å². The number of aromatic nitrogens is 4. The van der Waals surface area contributed by atoms with Gasteiger partial charge >= 0.3 is 0 Å². The van der Waals surface area contributed by atoms with E-state index >= 15 is 0 Å². The molecule has 4 atom stereocenters. The van der Waals surface area contributed by atoms with Gasteiger partial charge in [-0.25, -0.2) is 15.0 Å². The van der Waals surface area contributed by atoms with Crippen molar-refractivity contribution in [2.24, 2.45) is 5.73 Å². The second-order valence-corrected chi connectivity index (χ2v) is 10.5. The first-order chi connectivity index (χ1) is 19.6. The Morgan fingerprint density at radius 1 is 0.925 bits per heavy atom. The van der Waals surface area contributed by atoms with E-state index < -0.39 is 6.23 Å². The van der Waals surface area contributed by atoms with Gasteiger partial charge in [0.2, 0.25) is 5.91 Å². The number of carbonyl (C=O) groups is 1. The SMILES string of the molecule is CCCCCOCC1OC(n2cnc3c(NCCCC(N)=O)ncnc32)C(OCCCCC)C1OCCCCC. The van der Waals surface area contributed by atoms with E-state index in [4.69, 9.17) is 24.7 Å². The largest absolute Gasteiger partial charge is 0.379 e. The molecule has 226 valence electrons. The summed E-state index contributed by atoms with van der Waals surface area (Å²) in [4.78, 5) is 24.6. The fourth-order valence-electron chi connectivity index (χ4n) is 4.88. The van der Waals surface area contributed by atoms with Crippen molar-refractivity contribution < 1.29 is 23.7 Å². The number of hydrogen-bond acceptors (Lipinski definition) is 9. The minimum absolute atomic E-state index is 0.264. The molecule has 3 N–H and O–H groups in total. The van der Waals surface area contributed by atoms with Gasteiger partial charge in [0.1, 0.15) is 24.6 Å². The summed E-state index contributed by atoms with van der Waals surface area (Å²) in [6.45, 7) is 9.55. The highest BCUT2D eigenvalue weighted by atomic mass is 16.6. The number of anilines is 1. The van der Waals surface area contributed by atoms with E-state index in [9.17, 15) is 4.79 Å². The third-order valence-electron chi connectivity index (χ3n) is 7.10. The lowest BCUT2D eigenvalue weighted by atomic mass is 10.1. The molecule has 1 fully saturated rings. The van der Waals surface area contributed by atoms with Crippen LogP contribution in [0.2, 0.25) is 0 Å². The lowest BCUT2D eigenvalue weighted by Gasteiger charge is -2.25. The molecule has 0 aliphatic carbocycles. The third-order valence-corrected chi connectivity index (χ3v) is 7.10. The summed E-state index contributed by atoms with van der Waals surface area (Å²) < 4.78 is 27.6. The molecule has 2 aromatic heterocycles. The van der Waals surface area contributed by atoms with Crippen LogP contribution < -0.4 is 11.1 Å². The van der Waals surface area contributed by atoms with E-state index in [2.05, 4.69) is 41.0 Å². The van der Waals surface area contributed by atoms with Gasteiger partial charge in [-0.05, 0) is 25.7 Å². The Kier molecular flexibility index (Phi) is 14.6. The number of nitrogens with one attached hydrogen (secondary N) is 1. The highest BCUT2D eigenvalue weighted by Crippen LogP contribution is 2.36. The summed E-state index contributed by atoms with van der Waals surface area (Å²) in [5, 5.41) is 3.26. The summed E-state index contributed by atoms with van der Waals surface area (Å²) in [6, 6.07) is 0. The average molecular weight is 563 g/mol. The van der Waals surface area contributed by atoms with Crippen LogP contribution in [0.4, 0.5) is 5.82 Å². The van der Waals surface area contributed by atoms with Gasteiger partial charge in [-0.3, -0.25) is 9.36 Å². The predicted octanol–water partition coefficient (Wildman–Crippen LogP) is 4.76. The van der Waals surface area contributed by atoms with Gasteiger partial charge in [-0.1, -0.05) is 59.3 Å². The summed E-state index contributed by atoms with van der Waals surface area (Å²) in [5.41, 5.74) is 6.55. The monoisotopic (exact) mass is 562 g/mol. The third kappa shape index (κ3) is 9.64. The number of ether oxygens (including phenoxy) is 4. The van der Waals surface area contributed by atoms with Gasteiger partial charge < -0.3 is 30.0 Å². The molecular formula is C29H50N6O5. The zero-order valence-corrected chi connectivity index (χ0v) is 24.7. The molecule has 1 aliphatic rings. The van der Waals surface area contributed by atoms with Gasteiger partial charge in [0.15, 0.2) is 23.2 Å². The maximum atomic E-state index is 11.1. The van der Waals surface area contributed by atoms with Crippen LogP contribution in [0, 0.1) is 0 Å². The Morgan fingerprint density at radius 3 is 2.27 bits per heavy atom. The van der Waals surface area contributed by atoms with E-state index in [-0.39, 0.29) is 24.2 Å². The van der Waals surface area contributed by atoms with E-state index in [1.54, 1.807) is 6.33 Å². The van der Waals surface area contributed by atoms with Crippen molar-refractivity contribution in [3.8, 4) is 0 Å². The molecule has 1 aliphatic heterocycles. The number of fused-ring (bicyclic) bond motifs is 1. The van der Waals surface area contributed by atoms with E-state index in [1.807, 2.05) is 4.57 Å². The zero-order valence-electron chi connectivity index (χ0n) is 24.7. The number of carbonyl (C=O) groups excluding carboxylic acids is 1. The molecule has 0 bridgehead atoms. The number of nitrogens with two attached hydrogens (primary N) is 1. The van der Waals surface area contributed by atoms with Crippen molar-refractivity contribution in [3.63, 3.8) is 0 Å². The maximum absolute atomic E-state index is 11.1. The van der Waals surface area contributed by atoms with E-state index in [0.29, 0.717) is 62.8 Å². The normalized spacial score (nSPS) is 20.9. The molecule has 4 unspecified atom stereocenters. The van der Waals surface area contributed by atoms with Crippen molar-refractivity contribution in [1.82, 2.24) is 19.5 Å². The first-order valence-corrected chi connectivity index (χ1v) is 15.3. The van der Waals surface area contributed by atoms with Crippen LogP contribution >= 0.6 is 0 Å². The van der Waals surface area contributed by atoms with Crippen LogP contribution in [-0.4, -0.2) is 76.7 Å². The van der Waals surface area contributed by atoms with Gasteiger partial charge in [0.25, 0.3) is 0 Å². The Labute approximate surface area is 238 Å². The van der Waals surface area contributed by atoms with Crippen LogP contribution in [0.5, 0.6) is 0 Å². The molecule has 1 amide bonds. The molecule has 0 spiro atoms. The fraction of sp³-hybridized carbons (Fsp3) is 0.793. The zero-order chi connectivity index (χ0) is 28.6. The Balaban J connectivity index is 1.82. The predicted molar refractivity (Wildman–Crippen MR) is 155 cm³/mol. The molecule has 0 aromatic carbocycles. The number of imidazole rings is 1. The fourth-order valence-corrected chi connectivity index (χ4v) is 4.88. The minimum atomic E-state index is -0.468. The standard InChI is InChI=1S/C29H50N6O5/c1-4-7-10-16-37-19-22-25(38-17-11-8-5-2)26(39-18-12-9-6-3)29(40-22)35-21-34-24-27(32-20-33-28(24)35)31-15-13-14-23(30)36/h20-22,25-26,29H,4-19H2,1-3H3,(H2,30,36)(H,31,32,33). The number of primary amides is 1. The highest BCUT2D eigenvalue weighted by Gasteiger charge is 2.48. The second kappa shape index (κ2) is 18.2. The lowest BCUT2D eigenvalue weighted by Crippen LogP contribution is -2.39. The van der Waals surface area contributed by atoms with Gasteiger partial charge in [0.05, 0.1) is 12.9 Å². The quantitative estimate of drug-likeness (QED) is 0.195. The molecule has 3 rings (SSSR count). The molecule has 40 heavy (non-hydrogen) atoms. The second-order valence-electron chi connectivity index (χ2n) is 10.5. The molecular weight excluding hydrogens is 512 g/mol.